The van der Waals surface area contributed by atoms with E-state index in [1.54, 1.807) is 0 Å². The van der Waals surface area contributed by atoms with E-state index in [2.05, 4.69) is 9.72 Å². The topological polar surface area (TPSA) is 88.6 Å². The first-order valence-corrected chi connectivity index (χ1v) is 7.52. The van der Waals surface area contributed by atoms with E-state index in [9.17, 15) is 23.3 Å². The lowest BCUT2D eigenvalue weighted by Crippen LogP contribution is -2.32. The Morgan fingerprint density at radius 1 is 1.46 bits per heavy atom. The Labute approximate surface area is 145 Å². The van der Waals surface area contributed by atoms with E-state index in [1.807, 2.05) is 0 Å². The summed E-state index contributed by atoms with van der Waals surface area (Å²) >= 11 is 0. The van der Waals surface area contributed by atoms with Gasteiger partial charge < -0.3 is 24.3 Å². The molecule has 8 nitrogen and oxygen atoms in total. The first-order valence-electron chi connectivity index (χ1n) is 7.52. The number of fused-ring (bicyclic) bond motifs is 1. The molecule has 2 heterocycles. The van der Waals surface area contributed by atoms with Crippen LogP contribution in [0.4, 0.5) is 19.0 Å². The molecule has 1 atom stereocenters. The number of halogens is 3. The van der Waals surface area contributed by atoms with E-state index in [1.165, 1.54) is 35.9 Å². The monoisotopic (exact) mass is 373 g/mol. The molecule has 0 bridgehead atoms. The molecular formula is C15H14F3N3O5. The smallest absolute Gasteiger partial charge is 0.443 e. The summed E-state index contributed by atoms with van der Waals surface area (Å²) in [5.41, 5.74) is 0.996. The molecule has 0 saturated heterocycles. The largest absolute Gasteiger partial charge is 0.573 e. The number of nitro groups is 1. The lowest BCUT2D eigenvalue weighted by molar-refractivity contribution is -0.389. The average molecular weight is 373 g/mol. The molecule has 0 N–H and O–H groups in total. The van der Waals surface area contributed by atoms with Crippen LogP contribution in [0.15, 0.2) is 24.4 Å². The van der Waals surface area contributed by atoms with Crippen LogP contribution in [-0.2, 0) is 17.9 Å². The van der Waals surface area contributed by atoms with Crippen molar-refractivity contribution in [3.63, 3.8) is 0 Å². The van der Waals surface area contributed by atoms with Crippen LogP contribution in [0.1, 0.15) is 11.1 Å². The molecule has 3 rings (SSSR count). The minimum Gasteiger partial charge on any atom is -0.443 e. The highest BCUT2D eigenvalue weighted by molar-refractivity contribution is 5.36. The molecule has 140 valence electrons. The van der Waals surface area contributed by atoms with Crippen molar-refractivity contribution in [2.75, 3.05) is 6.61 Å². The summed E-state index contributed by atoms with van der Waals surface area (Å²) in [6.07, 6.45) is -3.85. The number of aromatic nitrogens is 2. The third-order valence-electron chi connectivity index (χ3n) is 3.66. The fourth-order valence-corrected chi connectivity index (χ4v) is 2.51. The van der Waals surface area contributed by atoms with Crippen LogP contribution in [0, 0.1) is 17.0 Å². The Kier molecular flexibility index (Phi) is 4.72. The van der Waals surface area contributed by atoms with Gasteiger partial charge in [-0.15, -0.1) is 13.2 Å². The van der Waals surface area contributed by atoms with Crippen molar-refractivity contribution >= 4 is 5.82 Å². The third-order valence-corrected chi connectivity index (χ3v) is 3.66. The number of hydrogen-bond acceptors (Lipinski definition) is 6. The number of ether oxygens (including phenoxy) is 3. The van der Waals surface area contributed by atoms with Crippen LogP contribution in [0.2, 0.25) is 0 Å². The highest BCUT2D eigenvalue weighted by Gasteiger charge is 2.32. The molecule has 0 spiro atoms. The van der Waals surface area contributed by atoms with Gasteiger partial charge in [0.2, 0.25) is 0 Å². The molecule has 0 aliphatic carbocycles. The molecule has 1 aromatic carbocycles. The average Bonchev–Trinajstić information content (AvgIpc) is 2.97. The van der Waals surface area contributed by atoms with Gasteiger partial charge in [-0.2, -0.15) is 0 Å². The van der Waals surface area contributed by atoms with Gasteiger partial charge in [0, 0.05) is 4.98 Å². The van der Waals surface area contributed by atoms with E-state index >= 15 is 0 Å². The van der Waals surface area contributed by atoms with Gasteiger partial charge in [-0.3, -0.25) is 4.57 Å². The molecule has 1 aliphatic heterocycles. The summed E-state index contributed by atoms with van der Waals surface area (Å²) in [7, 11) is 0. The van der Waals surface area contributed by atoms with Gasteiger partial charge >= 0.3 is 18.2 Å². The van der Waals surface area contributed by atoms with E-state index in [4.69, 9.17) is 9.47 Å². The van der Waals surface area contributed by atoms with Crippen molar-refractivity contribution in [2.45, 2.75) is 32.5 Å². The molecule has 0 fully saturated rings. The third kappa shape index (κ3) is 4.23. The summed E-state index contributed by atoms with van der Waals surface area (Å²) < 4.78 is 53.2. The van der Waals surface area contributed by atoms with Gasteiger partial charge in [0.15, 0.2) is 0 Å². The Balaban J connectivity index is 1.59. The molecule has 2 aromatic rings. The molecular weight excluding hydrogens is 359 g/mol. The summed E-state index contributed by atoms with van der Waals surface area (Å²) in [6.45, 7) is 2.14. The fourth-order valence-electron chi connectivity index (χ4n) is 2.51. The Morgan fingerprint density at radius 2 is 2.23 bits per heavy atom. The predicted molar refractivity (Wildman–Crippen MR) is 80.8 cm³/mol. The van der Waals surface area contributed by atoms with Crippen LogP contribution in [0.3, 0.4) is 0 Å². The Morgan fingerprint density at radius 3 is 2.88 bits per heavy atom. The maximum Gasteiger partial charge on any atom is 0.573 e. The van der Waals surface area contributed by atoms with E-state index in [0.29, 0.717) is 17.7 Å². The molecule has 0 radical (unpaired) electrons. The lowest BCUT2D eigenvalue weighted by atomic mass is 10.1. The van der Waals surface area contributed by atoms with E-state index in [0.717, 1.165) is 0 Å². The molecule has 1 aromatic heterocycles. The maximum absolute atomic E-state index is 12.3. The minimum atomic E-state index is -4.74. The molecule has 11 heteroatoms. The van der Waals surface area contributed by atoms with Crippen LogP contribution in [-0.4, -0.2) is 33.5 Å². The van der Waals surface area contributed by atoms with E-state index in [-0.39, 0.29) is 36.9 Å². The molecule has 26 heavy (non-hydrogen) atoms. The van der Waals surface area contributed by atoms with Crippen molar-refractivity contribution in [1.82, 2.24) is 9.55 Å². The number of alkyl halides is 3. The zero-order chi connectivity index (χ0) is 18.9. The fraction of sp³-hybridized carbons (Fsp3) is 0.400. The van der Waals surface area contributed by atoms with Crippen molar-refractivity contribution in [1.29, 1.82) is 0 Å². The second-order valence-electron chi connectivity index (χ2n) is 5.68. The van der Waals surface area contributed by atoms with Gasteiger partial charge in [-0.1, -0.05) is 12.1 Å². The van der Waals surface area contributed by atoms with Crippen molar-refractivity contribution in [3.8, 4) is 11.8 Å². The maximum atomic E-state index is 12.3. The molecule has 0 amide bonds. The SMILES string of the molecule is Cc1cc(CO[C@@H]2COc3nc([N+](=O)[O-])cn3C2)ccc1OC(F)(F)F. The quantitative estimate of drug-likeness (QED) is 0.591. The van der Waals surface area contributed by atoms with Crippen LogP contribution >= 0.6 is 0 Å². The predicted octanol–water partition coefficient (Wildman–Crippen LogP) is 2.98. The molecule has 0 saturated carbocycles. The van der Waals surface area contributed by atoms with Gasteiger partial charge in [0.1, 0.15) is 24.7 Å². The summed E-state index contributed by atoms with van der Waals surface area (Å²) in [5, 5.41) is 10.7. The number of aryl methyl sites for hydroxylation is 1. The van der Waals surface area contributed by atoms with Crippen molar-refractivity contribution in [2.24, 2.45) is 0 Å². The zero-order valence-corrected chi connectivity index (χ0v) is 13.5. The normalized spacial score (nSPS) is 16.7. The zero-order valence-electron chi connectivity index (χ0n) is 13.5. The Hall–Kier alpha value is -2.82. The van der Waals surface area contributed by atoms with Crippen LogP contribution in [0.25, 0.3) is 0 Å². The summed E-state index contributed by atoms with van der Waals surface area (Å²) in [4.78, 5) is 13.8. The van der Waals surface area contributed by atoms with Crippen molar-refractivity contribution in [3.05, 3.63) is 45.6 Å². The number of benzene rings is 1. The lowest BCUT2D eigenvalue weighted by Gasteiger charge is -2.22. The minimum absolute atomic E-state index is 0.146. The highest BCUT2D eigenvalue weighted by atomic mass is 19.4. The number of nitrogens with zero attached hydrogens (tertiary/aromatic N) is 3. The summed E-state index contributed by atoms with van der Waals surface area (Å²) in [5.74, 6) is -0.575. The van der Waals surface area contributed by atoms with Gasteiger partial charge in [0.05, 0.1) is 13.2 Å². The molecule has 1 aliphatic rings. The first kappa shape index (κ1) is 18.0. The second kappa shape index (κ2) is 6.83. The second-order valence-corrected chi connectivity index (χ2v) is 5.68. The van der Waals surface area contributed by atoms with Crippen LogP contribution < -0.4 is 9.47 Å². The van der Waals surface area contributed by atoms with Gasteiger partial charge in [-0.25, -0.2) is 0 Å². The number of rotatable bonds is 5. The summed E-state index contributed by atoms with van der Waals surface area (Å²) in [6, 6.07) is 4.40. The number of hydrogen-bond donors (Lipinski definition) is 0. The van der Waals surface area contributed by atoms with E-state index < -0.39 is 11.3 Å². The number of imidazole rings is 1. The molecule has 0 unspecified atom stereocenters. The Bertz CT molecular complexity index is 821. The van der Waals surface area contributed by atoms with Crippen molar-refractivity contribution < 1.29 is 32.3 Å². The first-order chi connectivity index (χ1) is 12.2. The van der Waals surface area contributed by atoms with Gasteiger partial charge in [-0.05, 0) is 29.0 Å². The van der Waals surface area contributed by atoms with Gasteiger partial charge in [0.25, 0.3) is 0 Å². The highest BCUT2D eigenvalue weighted by Crippen LogP contribution is 2.27. The standard InChI is InChI=1S/C15H14F3N3O5/c1-9-4-10(2-3-12(9)26-15(16,17)18)7-24-11-5-20-6-13(21(22)23)19-14(20)25-8-11/h2-4,6,11H,5,7-8H2,1H3/t11-/m0/s1. The van der Waals surface area contributed by atoms with Crippen LogP contribution in [0.5, 0.6) is 11.8 Å².